The number of hydrogen-bond donors (Lipinski definition) is 1. The van der Waals surface area contributed by atoms with E-state index in [1.165, 1.54) is 6.42 Å². The van der Waals surface area contributed by atoms with Gasteiger partial charge in [0.05, 0.1) is 5.41 Å². The monoisotopic (exact) mass is 296 g/mol. The van der Waals surface area contributed by atoms with E-state index in [1.807, 2.05) is 11.8 Å². The van der Waals surface area contributed by atoms with Crippen LogP contribution in [0.5, 0.6) is 0 Å². The van der Waals surface area contributed by atoms with Crippen LogP contribution >= 0.6 is 0 Å². The maximum absolute atomic E-state index is 12.7. The molecule has 1 N–H and O–H groups in total. The Hall–Kier alpha value is -1.26. The zero-order valence-corrected chi connectivity index (χ0v) is 13.5. The van der Waals surface area contributed by atoms with Gasteiger partial charge in [-0.25, -0.2) is 4.79 Å². The number of carbonyl (C=O) groups is 2. The highest BCUT2D eigenvalue weighted by atomic mass is 16.4. The summed E-state index contributed by atoms with van der Waals surface area (Å²) in [5.74, 6) is -0.215. The number of amides is 2. The first-order chi connectivity index (χ1) is 9.89. The van der Waals surface area contributed by atoms with Crippen molar-refractivity contribution in [2.24, 2.45) is 11.3 Å². The van der Waals surface area contributed by atoms with Crippen molar-refractivity contribution in [3.8, 4) is 0 Å². The number of hydrogen-bond acceptors (Lipinski definition) is 2. The van der Waals surface area contributed by atoms with Crippen molar-refractivity contribution in [2.45, 2.75) is 58.9 Å². The minimum absolute atomic E-state index is 0.0354. The highest BCUT2D eigenvalue weighted by molar-refractivity contribution is 5.80. The number of nitrogens with zero attached hydrogens (tertiary/aromatic N) is 2. The van der Waals surface area contributed by atoms with Gasteiger partial charge in [-0.15, -0.1) is 0 Å². The van der Waals surface area contributed by atoms with Crippen LogP contribution in [-0.4, -0.2) is 52.6 Å². The number of piperidine rings is 1. The van der Waals surface area contributed by atoms with Crippen molar-refractivity contribution >= 4 is 12.0 Å². The molecule has 0 saturated carbocycles. The molecule has 2 aliphatic heterocycles. The third-order valence-corrected chi connectivity index (χ3v) is 5.17. The van der Waals surface area contributed by atoms with E-state index < -0.39 is 11.4 Å². The van der Waals surface area contributed by atoms with Crippen molar-refractivity contribution in [1.29, 1.82) is 0 Å². The molecule has 2 saturated heterocycles. The highest BCUT2D eigenvalue weighted by Crippen LogP contribution is 2.36. The Morgan fingerprint density at radius 1 is 1.29 bits per heavy atom. The largest absolute Gasteiger partial charge is 0.481 e. The summed E-state index contributed by atoms with van der Waals surface area (Å²) in [5.41, 5.74) is -0.727. The highest BCUT2D eigenvalue weighted by Gasteiger charge is 2.46. The summed E-state index contributed by atoms with van der Waals surface area (Å²) in [7, 11) is 0. The molecular weight excluding hydrogens is 268 g/mol. The minimum atomic E-state index is -0.750. The van der Waals surface area contributed by atoms with Gasteiger partial charge in [-0.2, -0.15) is 0 Å². The van der Waals surface area contributed by atoms with Crippen LogP contribution in [0.3, 0.4) is 0 Å². The molecule has 0 aromatic rings. The molecule has 0 aromatic carbocycles. The zero-order valence-electron chi connectivity index (χ0n) is 13.5. The first-order valence-corrected chi connectivity index (χ1v) is 8.18. The molecule has 21 heavy (non-hydrogen) atoms. The minimum Gasteiger partial charge on any atom is -0.481 e. The lowest BCUT2D eigenvalue weighted by Gasteiger charge is -2.39. The lowest BCUT2D eigenvalue weighted by molar-refractivity contribution is -0.148. The quantitative estimate of drug-likeness (QED) is 0.871. The molecule has 2 heterocycles. The maximum atomic E-state index is 12.7. The molecule has 0 spiro atoms. The molecule has 2 amide bonds. The lowest BCUT2D eigenvalue weighted by Crippen LogP contribution is -2.51. The Labute approximate surface area is 127 Å². The van der Waals surface area contributed by atoms with Gasteiger partial charge in [-0.3, -0.25) is 4.79 Å². The number of carboxylic acids is 1. The van der Waals surface area contributed by atoms with Gasteiger partial charge in [0.1, 0.15) is 0 Å². The SMILES string of the molecule is CCCC1(C(=O)O)CCN(C(=O)N2CC(C)CCC2C)C1. The third-order valence-electron chi connectivity index (χ3n) is 5.17. The van der Waals surface area contributed by atoms with E-state index in [0.717, 1.165) is 19.4 Å². The smallest absolute Gasteiger partial charge is 0.320 e. The fraction of sp³-hybridized carbons (Fsp3) is 0.875. The molecule has 5 nitrogen and oxygen atoms in total. The van der Waals surface area contributed by atoms with Crippen LogP contribution in [0.15, 0.2) is 0 Å². The molecule has 2 fully saturated rings. The Morgan fingerprint density at radius 3 is 2.62 bits per heavy atom. The predicted octanol–water partition coefficient (Wildman–Crippen LogP) is 2.80. The van der Waals surface area contributed by atoms with E-state index in [2.05, 4.69) is 13.8 Å². The van der Waals surface area contributed by atoms with E-state index in [-0.39, 0.29) is 12.1 Å². The van der Waals surface area contributed by atoms with E-state index in [9.17, 15) is 14.7 Å². The van der Waals surface area contributed by atoms with Crippen LogP contribution < -0.4 is 0 Å². The summed E-state index contributed by atoms with van der Waals surface area (Å²) in [4.78, 5) is 28.1. The van der Waals surface area contributed by atoms with E-state index in [4.69, 9.17) is 0 Å². The summed E-state index contributed by atoms with van der Waals surface area (Å²) < 4.78 is 0. The number of aliphatic carboxylic acids is 1. The topological polar surface area (TPSA) is 60.9 Å². The van der Waals surface area contributed by atoms with Crippen LogP contribution in [-0.2, 0) is 4.79 Å². The van der Waals surface area contributed by atoms with Gasteiger partial charge in [0, 0.05) is 25.7 Å². The van der Waals surface area contributed by atoms with Gasteiger partial charge < -0.3 is 14.9 Å². The van der Waals surface area contributed by atoms with Crippen LogP contribution in [0, 0.1) is 11.3 Å². The fourth-order valence-corrected chi connectivity index (χ4v) is 3.74. The molecule has 5 heteroatoms. The Kier molecular flexibility index (Phi) is 4.79. The molecule has 120 valence electrons. The number of rotatable bonds is 3. The number of carboxylic acid groups (broad SMARTS) is 1. The molecule has 0 aromatic heterocycles. The molecule has 3 unspecified atom stereocenters. The molecule has 3 atom stereocenters. The Balaban J connectivity index is 2.06. The maximum Gasteiger partial charge on any atom is 0.320 e. The third kappa shape index (κ3) is 3.16. The first-order valence-electron chi connectivity index (χ1n) is 8.18. The normalized spacial score (nSPS) is 33.3. The van der Waals surface area contributed by atoms with Gasteiger partial charge in [0.2, 0.25) is 0 Å². The number of urea groups is 1. The van der Waals surface area contributed by atoms with Gasteiger partial charge in [-0.05, 0) is 38.5 Å². The summed E-state index contributed by atoms with van der Waals surface area (Å²) in [6.07, 6.45) is 4.28. The Bertz CT molecular complexity index is 412. The first kappa shape index (κ1) is 16.1. The van der Waals surface area contributed by atoms with Gasteiger partial charge in [0.25, 0.3) is 0 Å². The zero-order chi connectivity index (χ0) is 15.6. The van der Waals surface area contributed by atoms with Crippen molar-refractivity contribution in [3.63, 3.8) is 0 Å². The molecular formula is C16H28N2O3. The molecule has 2 rings (SSSR count). The number of likely N-dealkylation sites (tertiary alicyclic amines) is 2. The van der Waals surface area contributed by atoms with Crippen LogP contribution in [0.25, 0.3) is 0 Å². The van der Waals surface area contributed by atoms with Gasteiger partial charge in [0.15, 0.2) is 0 Å². The van der Waals surface area contributed by atoms with Crippen molar-refractivity contribution in [3.05, 3.63) is 0 Å². The van der Waals surface area contributed by atoms with Crippen LogP contribution in [0.4, 0.5) is 4.79 Å². The van der Waals surface area contributed by atoms with Gasteiger partial charge in [-0.1, -0.05) is 20.3 Å². The molecule has 0 radical (unpaired) electrons. The van der Waals surface area contributed by atoms with Crippen LogP contribution in [0.1, 0.15) is 52.9 Å². The molecule has 2 aliphatic rings. The van der Waals surface area contributed by atoms with E-state index in [0.29, 0.717) is 31.8 Å². The summed E-state index contributed by atoms with van der Waals surface area (Å²) in [5, 5.41) is 9.55. The predicted molar refractivity (Wildman–Crippen MR) is 81.1 cm³/mol. The standard InChI is InChI=1S/C16H28N2O3/c1-4-7-16(14(19)20)8-9-17(11-16)15(21)18-10-12(2)5-6-13(18)3/h12-13H,4-11H2,1-3H3,(H,19,20). The molecule has 0 bridgehead atoms. The second-order valence-electron chi connectivity index (χ2n) is 6.97. The van der Waals surface area contributed by atoms with Crippen molar-refractivity contribution < 1.29 is 14.7 Å². The number of carbonyl (C=O) groups excluding carboxylic acids is 1. The average molecular weight is 296 g/mol. The lowest BCUT2D eigenvalue weighted by atomic mass is 9.83. The van der Waals surface area contributed by atoms with Crippen LogP contribution in [0.2, 0.25) is 0 Å². The summed E-state index contributed by atoms with van der Waals surface area (Å²) in [6.45, 7) is 8.01. The summed E-state index contributed by atoms with van der Waals surface area (Å²) in [6, 6.07) is 0.299. The second-order valence-corrected chi connectivity index (χ2v) is 6.97. The Morgan fingerprint density at radius 2 is 2.00 bits per heavy atom. The molecule has 0 aliphatic carbocycles. The van der Waals surface area contributed by atoms with E-state index >= 15 is 0 Å². The fourth-order valence-electron chi connectivity index (χ4n) is 3.74. The van der Waals surface area contributed by atoms with Gasteiger partial charge >= 0.3 is 12.0 Å². The van der Waals surface area contributed by atoms with Crippen molar-refractivity contribution in [1.82, 2.24) is 9.80 Å². The average Bonchev–Trinajstić information content (AvgIpc) is 2.87. The second kappa shape index (κ2) is 6.24. The van der Waals surface area contributed by atoms with Crippen molar-refractivity contribution in [2.75, 3.05) is 19.6 Å². The van der Waals surface area contributed by atoms with E-state index in [1.54, 1.807) is 4.90 Å². The summed E-state index contributed by atoms with van der Waals surface area (Å²) >= 11 is 0.